The fourth-order valence-electron chi connectivity index (χ4n) is 3.71. The third kappa shape index (κ3) is 5.59. The lowest BCUT2D eigenvalue weighted by atomic mass is 9.95. The van der Waals surface area contributed by atoms with Crippen LogP contribution in [0.2, 0.25) is 0 Å². The summed E-state index contributed by atoms with van der Waals surface area (Å²) in [5, 5.41) is 14.6. The van der Waals surface area contributed by atoms with Crippen LogP contribution in [0, 0.1) is 5.41 Å². The molecule has 5 rings (SSSR count). The summed E-state index contributed by atoms with van der Waals surface area (Å²) in [6.07, 6.45) is 0.782. The number of imidazole rings is 1. The molecule has 0 spiro atoms. The van der Waals surface area contributed by atoms with Crippen LogP contribution in [-0.4, -0.2) is 47.4 Å². The van der Waals surface area contributed by atoms with E-state index >= 15 is 0 Å². The molecule has 0 aromatic carbocycles. The molecule has 7 nitrogen and oxygen atoms in total. The van der Waals surface area contributed by atoms with Crippen LogP contribution < -0.4 is 0 Å². The summed E-state index contributed by atoms with van der Waals surface area (Å²) in [5.74, 6) is -0.0382. The number of pyridine rings is 2. The number of halogens is 5. The van der Waals surface area contributed by atoms with Gasteiger partial charge in [-0.25, -0.2) is 18.4 Å². The van der Waals surface area contributed by atoms with E-state index in [0.717, 1.165) is 0 Å². The highest BCUT2D eigenvalue weighted by molar-refractivity contribution is 5.31. The molecule has 2 N–H and O–H groups in total. The maximum Gasteiger partial charge on any atom is 0.394 e. The highest BCUT2D eigenvalue weighted by Gasteiger charge is 2.63. The third-order valence-electron chi connectivity index (χ3n) is 5.99. The first kappa shape index (κ1) is 25.4. The van der Waals surface area contributed by atoms with Gasteiger partial charge in [-0.3, -0.25) is 9.97 Å². The zero-order valence-corrected chi connectivity index (χ0v) is 18.9. The van der Waals surface area contributed by atoms with Crippen molar-refractivity contribution >= 4 is 0 Å². The van der Waals surface area contributed by atoms with Crippen molar-refractivity contribution in [2.45, 2.75) is 43.9 Å². The molecular weight excluding hydrogens is 483 g/mol. The molecule has 1 unspecified atom stereocenters. The van der Waals surface area contributed by atoms with Crippen LogP contribution in [0.5, 0.6) is 0 Å². The molecule has 0 aliphatic heterocycles. The van der Waals surface area contributed by atoms with Crippen LogP contribution in [0.1, 0.15) is 30.1 Å². The minimum absolute atomic E-state index is 0.0261. The number of aromatic nitrogens is 6. The van der Waals surface area contributed by atoms with Gasteiger partial charge in [-0.05, 0) is 43.2 Å². The summed E-state index contributed by atoms with van der Waals surface area (Å²) in [4.78, 5) is 14.3. The number of aliphatic hydroxyl groups is 1. The molecule has 1 aliphatic rings. The van der Waals surface area contributed by atoms with Crippen LogP contribution in [-0.2, 0) is 18.4 Å². The normalized spacial score (nSPS) is 16.2. The monoisotopic (exact) mass is 506 g/mol. The topological polar surface area (TPSA) is 92.5 Å². The first-order valence-corrected chi connectivity index (χ1v) is 11.0. The van der Waals surface area contributed by atoms with Gasteiger partial charge in [-0.2, -0.15) is 18.3 Å². The van der Waals surface area contributed by atoms with Gasteiger partial charge in [0, 0.05) is 49.5 Å². The summed E-state index contributed by atoms with van der Waals surface area (Å²) < 4.78 is 68.4. The van der Waals surface area contributed by atoms with Gasteiger partial charge < -0.3 is 10.1 Å². The maximum atomic E-state index is 13.8. The van der Waals surface area contributed by atoms with Crippen molar-refractivity contribution in [1.82, 2.24) is 29.7 Å². The Bertz CT molecular complexity index is 1200. The van der Waals surface area contributed by atoms with Gasteiger partial charge in [0.15, 0.2) is 5.60 Å². The Kier molecular flexibility index (Phi) is 7.16. The second kappa shape index (κ2) is 10.1. The van der Waals surface area contributed by atoms with Crippen LogP contribution in [0.25, 0.3) is 5.69 Å². The zero-order valence-electron chi connectivity index (χ0n) is 18.9. The number of alkyl halides is 5. The Balaban J connectivity index is 0.000000445. The van der Waals surface area contributed by atoms with E-state index in [0.29, 0.717) is 5.69 Å². The Morgan fingerprint density at radius 2 is 1.75 bits per heavy atom. The molecule has 0 bridgehead atoms. The number of rotatable bonds is 7. The standard InChI is InChI=1S/C19H18F5N5O.C5H5N/c20-16(21)18(30,14-3-2-13(11-25-14)29-7-1-6-27-29)9-15-26-10-12(28-15)8-17(4-5-17)19(22,23)24;1-2-4-6-5-3-1/h1-3,6-7,10-11,16,30H,4-5,8-9H2,(H,26,28);1-5H. The van der Waals surface area contributed by atoms with Crippen molar-refractivity contribution in [3.63, 3.8) is 0 Å². The van der Waals surface area contributed by atoms with Crippen molar-refractivity contribution < 1.29 is 27.1 Å². The van der Waals surface area contributed by atoms with E-state index in [1.54, 1.807) is 30.9 Å². The maximum absolute atomic E-state index is 13.8. The van der Waals surface area contributed by atoms with Crippen molar-refractivity contribution in [2.24, 2.45) is 5.41 Å². The van der Waals surface area contributed by atoms with E-state index in [9.17, 15) is 27.1 Å². The second-order valence-electron chi connectivity index (χ2n) is 8.59. The number of nitrogens with one attached hydrogen (secondary N) is 1. The number of aromatic amines is 1. The van der Waals surface area contributed by atoms with Gasteiger partial charge in [0.05, 0.1) is 23.0 Å². The first-order chi connectivity index (χ1) is 17.1. The summed E-state index contributed by atoms with van der Waals surface area (Å²) in [5.41, 5.74) is -4.00. The van der Waals surface area contributed by atoms with E-state index in [-0.39, 0.29) is 36.5 Å². The minimum atomic E-state index is -4.33. The predicted molar refractivity (Wildman–Crippen MR) is 119 cm³/mol. The number of hydrogen-bond acceptors (Lipinski definition) is 5. The van der Waals surface area contributed by atoms with Crippen LogP contribution >= 0.6 is 0 Å². The molecule has 1 atom stereocenters. The average molecular weight is 506 g/mol. The Labute approximate surface area is 203 Å². The average Bonchev–Trinajstić information content (AvgIpc) is 3.25. The van der Waals surface area contributed by atoms with Crippen molar-refractivity contribution in [3.8, 4) is 5.69 Å². The molecule has 0 radical (unpaired) electrons. The summed E-state index contributed by atoms with van der Waals surface area (Å²) in [6.45, 7) is 0. The lowest BCUT2D eigenvalue weighted by Gasteiger charge is -2.26. The highest BCUT2D eigenvalue weighted by atomic mass is 19.4. The van der Waals surface area contributed by atoms with Crippen LogP contribution in [0.3, 0.4) is 0 Å². The van der Waals surface area contributed by atoms with E-state index in [1.807, 2.05) is 18.2 Å². The number of H-pyrrole nitrogens is 1. The fourth-order valence-corrected chi connectivity index (χ4v) is 3.71. The van der Waals surface area contributed by atoms with Gasteiger partial charge in [0.2, 0.25) is 0 Å². The first-order valence-electron chi connectivity index (χ1n) is 11.0. The molecule has 0 saturated heterocycles. The molecule has 4 heterocycles. The molecule has 12 heteroatoms. The molecule has 1 fully saturated rings. The van der Waals surface area contributed by atoms with Gasteiger partial charge in [-0.15, -0.1) is 0 Å². The summed E-state index contributed by atoms with van der Waals surface area (Å²) in [6, 6.07) is 10.1. The quantitative estimate of drug-likeness (QED) is 0.356. The van der Waals surface area contributed by atoms with Gasteiger partial charge in [-0.1, -0.05) is 6.07 Å². The van der Waals surface area contributed by atoms with Gasteiger partial charge >= 0.3 is 6.18 Å². The van der Waals surface area contributed by atoms with Crippen molar-refractivity contribution in [3.05, 3.63) is 90.8 Å². The minimum Gasteiger partial charge on any atom is -0.377 e. The van der Waals surface area contributed by atoms with Crippen LogP contribution in [0.4, 0.5) is 22.0 Å². The van der Waals surface area contributed by atoms with Crippen molar-refractivity contribution in [1.29, 1.82) is 0 Å². The number of hydrogen-bond donors (Lipinski definition) is 2. The van der Waals surface area contributed by atoms with Crippen molar-refractivity contribution in [2.75, 3.05) is 0 Å². The third-order valence-corrected chi connectivity index (χ3v) is 5.99. The molecule has 1 aliphatic carbocycles. The largest absolute Gasteiger partial charge is 0.394 e. The van der Waals surface area contributed by atoms with E-state index < -0.39 is 30.0 Å². The van der Waals surface area contributed by atoms with Gasteiger partial charge in [0.1, 0.15) is 5.82 Å². The molecule has 4 aromatic heterocycles. The fraction of sp³-hybridized carbons (Fsp3) is 0.333. The smallest absolute Gasteiger partial charge is 0.377 e. The Morgan fingerprint density at radius 3 is 2.22 bits per heavy atom. The summed E-state index contributed by atoms with van der Waals surface area (Å²) >= 11 is 0. The van der Waals surface area contributed by atoms with E-state index in [2.05, 4.69) is 25.0 Å². The summed E-state index contributed by atoms with van der Waals surface area (Å²) in [7, 11) is 0. The Morgan fingerprint density at radius 1 is 1.00 bits per heavy atom. The lowest BCUT2D eigenvalue weighted by molar-refractivity contribution is -0.186. The highest BCUT2D eigenvalue weighted by Crippen LogP contribution is 2.59. The molecule has 1 saturated carbocycles. The van der Waals surface area contributed by atoms with Crippen LogP contribution in [0.15, 0.2) is 73.6 Å². The molecular formula is C24H23F5N6O. The molecule has 0 amide bonds. The van der Waals surface area contributed by atoms with E-state index in [4.69, 9.17) is 0 Å². The Hall–Kier alpha value is -3.67. The number of nitrogens with zero attached hydrogens (tertiary/aromatic N) is 5. The van der Waals surface area contributed by atoms with E-state index in [1.165, 1.54) is 29.2 Å². The second-order valence-corrected chi connectivity index (χ2v) is 8.59. The molecule has 4 aromatic rings. The lowest BCUT2D eigenvalue weighted by Crippen LogP contribution is -2.38. The van der Waals surface area contributed by atoms with Gasteiger partial charge in [0.25, 0.3) is 6.43 Å². The zero-order chi connectivity index (χ0) is 25.8. The predicted octanol–water partition coefficient (Wildman–Crippen LogP) is 4.65. The molecule has 190 valence electrons. The SMILES string of the molecule is OC(Cc1ncc(CC2(C(F)(F)F)CC2)[nH]1)(c1ccc(-n2cccn2)cn1)C(F)F.c1ccncc1. The molecule has 36 heavy (non-hydrogen) atoms.